The van der Waals surface area contributed by atoms with Gasteiger partial charge in [-0.1, -0.05) is 35.9 Å². The highest BCUT2D eigenvalue weighted by Crippen LogP contribution is 2.22. The van der Waals surface area contributed by atoms with Gasteiger partial charge >= 0.3 is 0 Å². The fraction of sp³-hybridized carbons (Fsp3) is 0.125. The molecule has 0 heterocycles. The Kier molecular flexibility index (Phi) is 5.68. The maximum absolute atomic E-state index is 12.2. The van der Waals surface area contributed by atoms with Crippen molar-refractivity contribution in [2.45, 2.75) is 11.4 Å². The Balaban J connectivity index is 2.03. The van der Waals surface area contributed by atoms with Gasteiger partial charge in [0.25, 0.3) is 5.91 Å². The molecule has 0 saturated carbocycles. The SMILES string of the molecule is N#CCSc1ccccc1C(=O)NCc1ccc(Cl)cc1. The minimum Gasteiger partial charge on any atom is -0.348 e. The van der Waals surface area contributed by atoms with Crippen LogP contribution in [0.5, 0.6) is 0 Å². The molecule has 0 aromatic heterocycles. The van der Waals surface area contributed by atoms with Gasteiger partial charge in [-0.25, -0.2) is 0 Å². The third-order valence-corrected chi connectivity index (χ3v) is 3.98. The Hall–Kier alpha value is -1.96. The van der Waals surface area contributed by atoms with Crippen molar-refractivity contribution in [3.05, 3.63) is 64.7 Å². The maximum atomic E-state index is 12.2. The van der Waals surface area contributed by atoms with E-state index in [4.69, 9.17) is 16.9 Å². The number of rotatable bonds is 5. The summed E-state index contributed by atoms with van der Waals surface area (Å²) in [4.78, 5) is 13.0. The summed E-state index contributed by atoms with van der Waals surface area (Å²) in [5, 5.41) is 12.2. The lowest BCUT2D eigenvalue weighted by atomic mass is 10.2. The van der Waals surface area contributed by atoms with Gasteiger partial charge in [-0.2, -0.15) is 5.26 Å². The molecule has 1 N–H and O–H groups in total. The first-order chi connectivity index (χ1) is 10.2. The molecule has 0 atom stereocenters. The van der Waals surface area contributed by atoms with Crippen LogP contribution in [0.2, 0.25) is 5.02 Å². The van der Waals surface area contributed by atoms with Gasteiger partial charge in [0.05, 0.1) is 17.4 Å². The topological polar surface area (TPSA) is 52.9 Å². The van der Waals surface area contributed by atoms with Crippen molar-refractivity contribution in [2.75, 3.05) is 5.75 Å². The molecule has 3 nitrogen and oxygen atoms in total. The summed E-state index contributed by atoms with van der Waals surface area (Å²) in [6.45, 7) is 0.438. The first kappa shape index (κ1) is 15.4. The second kappa shape index (κ2) is 7.72. The molecule has 21 heavy (non-hydrogen) atoms. The van der Waals surface area contributed by atoms with Gasteiger partial charge in [0, 0.05) is 16.5 Å². The highest BCUT2D eigenvalue weighted by Gasteiger charge is 2.10. The molecule has 1 amide bonds. The summed E-state index contributed by atoms with van der Waals surface area (Å²) < 4.78 is 0. The van der Waals surface area contributed by atoms with Gasteiger partial charge in [0.2, 0.25) is 0 Å². The van der Waals surface area contributed by atoms with Crippen molar-refractivity contribution >= 4 is 29.3 Å². The van der Waals surface area contributed by atoms with E-state index in [0.717, 1.165) is 10.5 Å². The molecule has 2 aromatic rings. The number of carbonyl (C=O) groups excluding carboxylic acids is 1. The zero-order valence-corrected chi connectivity index (χ0v) is 12.7. The van der Waals surface area contributed by atoms with E-state index in [1.165, 1.54) is 11.8 Å². The lowest BCUT2D eigenvalue weighted by Gasteiger charge is -2.09. The van der Waals surface area contributed by atoms with Gasteiger partial charge in [-0.15, -0.1) is 11.8 Å². The standard InChI is InChI=1S/C16H13ClN2OS/c17-13-7-5-12(6-8-13)11-19-16(20)14-3-1-2-4-15(14)21-10-9-18/h1-8H,10-11H2,(H,19,20). The Bertz CT molecular complexity index is 665. The summed E-state index contributed by atoms with van der Waals surface area (Å²) in [5.41, 5.74) is 1.57. The Labute approximate surface area is 132 Å². The van der Waals surface area contributed by atoms with E-state index >= 15 is 0 Å². The van der Waals surface area contributed by atoms with Gasteiger partial charge in [-0.3, -0.25) is 4.79 Å². The van der Waals surface area contributed by atoms with Crippen LogP contribution in [0, 0.1) is 11.3 Å². The predicted octanol–water partition coefficient (Wildman–Crippen LogP) is 3.89. The smallest absolute Gasteiger partial charge is 0.252 e. The van der Waals surface area contributed by atoms with Gasteiger partial charge in [-0.05, 0) is 29.8 Å². The van der Waals surface area contributed by atoms with E-state index in [0.29, 0.717) is 22.9 Å². The van der Waals surface area contributed by atoms with Crippen molar-refractivity contribution in [3.8, 4) is 6.07 Å². The van der Waals surface area contributed by atoms with Crippen LogP contribution < -0.4 is 5.32 Å². The molecular formula is C16H13ClN2OS. The minimum absolute atomic E-state index is 0.147. The van der Waals surface area contributed by atoms with Gasteiger partial charge in [0.15, 0.2) is 0 Å². The fourth-order valence-electron chi connectivity index (χ4n) is 1.77. The third-order valence-electron chi connectivity index (χ3n) is 2.79. The van der Waals surface area contributed by atoms with E-state index in [1.807, 2.05) is 30.3 Å². The fourth-order valence-corrected chi connectivity index (χ4v) is 2.61. The lowest BCUT2D eigenvalue weighted by molar-refractivity contribution is 0.0948. The monoisotopic (exact) mass is 316 g/mol. The summed E-state index contributed by atoms with van der Waals surface area (Å²) in [5.74, 6) is 0.174. The number of nitrogens with zero attached hydrogens (tertiary/aromatic N) is 1. The molecule has 5 heteroatoms. The van der Waals surface area contributed by atoms with Crippen LogP contribution in [0.4, 0.5) is 0 Å². The number of hydrogen-bond donors (Lipinski definition) is 1. The number of thioether (sulfide) groups is 1. The zero-order valence-electron chi connectivity index (χ0n) is 11.2. The summed E-state index contributed by atoms with van der Waals surface area (Å²) >= 11 is 7.18. The van der Waals surface area contributed by atoms with Crippen molar-refractivity contribution in [1.29, 1.82) is 5.26 Å². The molecule has 0 aliphatic carbocycles. The Morgan fingerprint density at radius 3 is 2.62 bits per heavy atom. The first-order valence-corrected chi connectivity index (χ1v) is 7.68. The average molecular weight is 317 g/mol. The molecule has 2 rings (SSSR count). The van der Waals surface area contributed by atoms with Crippen molar-refractivity contribution in [1.82, 2.24) is 5.32 Å². The van der Waals surface area contributed by atoms with Gasteiger partial charge in [0.1, 0.15) is 0 Å². The van der Waals surface area contributed by atoms with Crippen molar-refractivity contribution in [3.63, 3.8) is 0 Å². The predicted molar refractivity (Wildman–Crippen MR) is 85.4 cm³/mol. The van der Waals surface area contributed by atoms with Crippen molar-refractivity contribution < 1.29 is 4.79 Å². The normalized spacial score (nSPS) is 9.90. The van der Waals surface area contributed by atoms with E-state index in [2.05, 4.69) is 11.4 Å². The Morgan fingerprint density at radius 2 is 1.90 bits per heavy atom. The number of amides is 1. The average Bonchev–Trinajstić information content (AvgIpc) is 2.52. The molecule has 106 valence electrons. The molecule has 0 radical (unpaired) electrons. The number of carbonyl (C=O) groups is 1. The van der Waals surface area contributed by atoms with E-state index in [9.17, 15) is 4.79 Å². The van der Waals surface area contributed by atoms with Crippen molar-refractivity contribution in [2.24, 2.45) is 0 Å². The highest BCUT2D eigenvalue weighted by molar-refractivity contribution is 7.99. The first-order valence-electron chi connectivity index (χ1n) is 6.32. The quantitative estimate of drug-likeness (QED) is 0.851. The molecule has 0 unspecified atom stereocenters. The summed E-state index contributed by atoms with van der Waals surface area (Å²) in [6.07, 6.45) is 0. The molecule has 0 spiro atoms. The maximum Gasteiger partial charge on any atom is 0.252 e. The van der Waals surface area contributed by atoms with Crippen LogP contribution in [-0.4, -0.2) is 11.7 Å². The van der Waals surface area contributed by atoms with Crippen LogP contribution in [0.1, 0.15) is 15.9 Å². The Morgan fingerprint density at radius 1 is 1.19 bits per heavy atom. The molecular weight excluding hydrogens is 304 g/mol. The second-order valence-corrected chi connectivity index (χ2v) is 5.71. The third kappa shape index (κ3) is 4.52. The van der Waals surface area contributed by atoms with Crippen LogP contribution >= 0.6 is 23.4 Å². The van der Waals surface area contributed by atoms with Crippen LogP contribution in [0.25, 0.3) is 0 Å². The number of benzene rings is 2. The van der Waals surface area contributed by atoms with E-state index < -0.39 is 0 Å². The van der Waals surface area contributed by atoms with E-state index in [1.54, 1.807) is 18.2 Å². The lowest BCUT2D eigenvalue weighted by Crippen LogP contribution is -2.23. The number of nitriles is 1. The highest BCUT2D eigenvalue weighted by atomic mass is 35.5. The number of halogens is 1. The van der Waals surface area contributed by atoms with Crippen LogP contribution in [0.3, 0.4) is 0 Å². The minimum atomic E-state index is -0.147. The number of hydrogen-bond acceptors (Lipinski definition) is 3. The summed E-state index contributed by atoms with van der Waals surface area (Å²) in [6, 6.07) is 16.7. The largest absolute Gasteiger partial charge is 0.348 e. The summed E-state index contributed by atoms with van der Waals surface area (Å²) in [7, 11) is 0. The molecule has 0 saturated heterocycles. The zero-order chi connectivity index (χ0) is 15.1. The molecule has 0 aliphatic rings. The molecule has 0 fully saturated rings. The van der Waals surface area contributed by atoms with Crippen LogP contribution in [0.15, 0.2) is 53.4 Å². The van der Waals surface area contributed by atoms with Gasteiger partial charge < -0.3 is 5.32 Å². The molecule has 0 aliphatic heterocycles. The van der Waals surface area contributed by atoms with E-state index in [-0.39, 0.29) is 5.91 Å². The molecule has 0 bridgehead atoms. The number of nitrogens with one attached hydrogen (secondary N) is 1. The molecule has 2 aromatic carbocycles. The van der Waals surface area contributed by atoms with Crippen LogP contribution in [-0.2, 0) is 6.54 Å². The second-order valence-electron chi connectivity index (χ2n) is 4.25.